The summed E-state index contributed by atoms with van der Waals surface area (Å²) in [5.41, 5.74) is 1.91. The molecule has 1 fully saturated rings. The van der Waals surface area contributed by atoms with E-state index in [1.807, 2.05) is 13.0 Å². The third-order valence-corrected chi connectivity index (χ3v) is 9.57. The highest BCUT2D eigenvalue weighted by Crippen LogP contribution is 2.29. The molecule has 1 amide bonds. The SMILES string of the molecule is Cc1ccc(NC(=O)[C@H](OC(=O)C2CCN(S(=O)(=O)c3cccs3)CC2)c2ccccc2)cc1Cl. The summed E-state index contributed by atoms with van der Waals surface area (Å²) in [6.07, 6.45) is -0.517. The number of anilines is 1. The van der Waals surface area contributed by atoms with Gasteiger partial charge in [-0.25, -0.2) is 8.42 Å². The molecule has 7 nitrogen and oxygen atoms in total. The van der Waals surface area contributed by atoms with Gasteiger partial charge in [0, 0.05) is 29.4 Å². The summed E-state index contributed by atoms with van der Waals surface area (Å²) in [5, 5.41) is 5.01. The van der Waals surface area contributed by atoms with Crippen molar-refractivity contribution in [3.05, 3.63) is 82.2 Å². The number of nitrogens with one attached hydrogen (secondary N) is 1. The molecule has 1 aliphatic rings. The zero-order chi connectivity index (χ0) is 25.0. The van der Waals surface area contributed by atoms with E-state index in [2.05, 4.69) is 5.32 Å². The molecule has 0 unspecified atom stereocenters. The summed E-state index contributed by atoms with van der Waals surface area (Å²) in [5.74, 6) is -1.52. The van der Waals surface area contributed by atoms with Gasteiger partial charge in [-0.2, -0.15) is 4.31 Å². The van der Waals surface area contributed by atoms with Crippen LogP contribution in [0.4, 0.5) is 5.69 Å². The molecule has 0 radical (unpaired) electrons. The molecule has 0 saturated carbocycles. The van der Waals surface area contributed by atoms with E-state index in [-0.39, 0.29) is 17.3 Å². The molecule has 1 aromatic heterocycles. The second kappa shape index (κ2) is 10.9. The number of rotatable bonds is 7. The monoisotopic (exact) mass is 532 g/mol. The zero-order valence-corrected chi connectivity index (χ0v) is 21.4. The number of carbonyl (C=O) groups is 2. The van der Waals surface area contributed by atoms with Gasteiger partial charge in [0.05, 0.1) is 5.92 Å². The predicted octanol–water partition coefficient (Wildman–Crippen LogP) is 5.03. The summed E-state index contributed by atoms with van der Waals surface area (Å²) in [4.78, 5) is 26.2. The van der Waals surface area contributed by atoms with Crippen molar-refractivity contribution in [3.8, 4) is 0 Å². The summed E-state index contributed by atoms with van der Waals surface area (Å²) < 4.78 is 32.9. The average Bonchev–Trinajstić information content (AvgIpc) is 3.41. The van der Waals surface area contributed by atoms with Crippen LogP contribution in [-0.4, -0.2) is 37.7 Å². The predicted molar refractivity (Wildman–Crippen MR) is 136 cm³/mol. The van der Waals surface area contributed by atoms with Crippen molar-refractivity contribution in [3.63, 3.8) is 0 Å². The van der Waals surface area contributed by atoms with Crippen LogP contribution in [0.3, 0.4) is 0 Å². The number of carbonyl (C=O) groups excluding carboxylic acids is 2. The lowest BCUT2D eigenvalue weighted by Crippen LogP contribution is -2.41. The van der Waals surface area contributed by atoms with Crippen molar-refractivity contribution in [2.75, 3.05) is 18.4 Å². The Hall–Kier alpha value is -2.72. The van der Waals surface area contributed by atoms with Crippen molar-refractivity contribution in [2.24, 2.45) is 5.92 Å². The summed E-state index contributed by atoms with van der Waals surface area (Å²) in [7, 11) is -3.56. The summed E-state index contributed by atoms with van der Waals surface area (Å²) in [6, 6.07) is 17.2. The molecule has 2 aromatic carbocycles. The minimum Gasteiger partial charge on any atom is -0.447 e. The lowest BCUT2D eigenvalue weighted by atomic mass is 9.98. The molecule has 2 heterocycles. The maximum absolute atomic E-state index is 13.1. The normalized spacial score (nSPS) is 15.9. The first kappa shape index (κ1) is 25.4. The van der Waals surface area contributed by atoms with Gasteiger partial charge >= 0.3 is 5.97 Å². The first-order valence-corrected chi connectivity index (χ1v) is 13.8. The number of sulfonamides is 1. The van der Waals surface area contributed by atoms with E-state index in [4.69, 9.17) is 16.3 Å². The number of benzene rings is 2. The largest absolute Gasteiger partial charge is 0.447 e. The molecule has 1 aliphatic heterocycles. The van der Waals surface area contributed by atoms with E-state index in [9.17, 15) is 18.0 Å². The molecular weight excluding hydrogens is 508 g/mol. The van der Waals surface area contributed by atoms with Crippen LogP contribution in [-0.2, 0) is 24.3 Å². The Bertz CT molecular complexity index is 1290. The minimum absolute atomic E-state index is 0.212. The highest BCUT2D eigenvalue weighted by molar-refractivity contribution is 7.91. The van der Waals surface area contributed by atoms with Crippen LogP contribution in [0.15, 0.2) is 70.3 Å². The van der Waals surface area contributed by atoms with E-state index in [0.717, 1.165) is 5.56 Å². The van der Waals surface area contributed by atoms with Crippen LogP contribution in [0.1, 0.15) is 30.1 Å². The number of hydrogen-bond donors (Lipinski definition) is 1. The van der Waals surface area contributed by atoms with Crippen LogP contribution >= 0.6 is 22.9 Å². The van der Waals surface area contributed by atoms with Crippen molar-refractivity contribution in [1.82, 2.24) is 4.31 Å². The van der Waals surface area contributed by atoms with Gasteiger partial charge in [-0.1, -0.05) is 54.1 Å². The Labute approximate surface area is 213 Å². The molecule has 184 valence electrons. The maximum Gasteiger partial charge on any atom is 0.310 e. The van der Waals surface area contributed by atoms with Crippen LogP contribution in [0, 0.1) is 12.8 Å². The number of ether oxygens (including phenoxy) is 1. The quantitative estimate of drug-likeness (QED) is 0.431. The van der Waals surface area contributed by atoms with Gasteiger partial charge in [0.2, 0.25) is 6.10 Å². The average molecular weight is 533 g/mol. The second-order valence-electron chi connectivity index (χ2n) is 8.29. The van der Waals surface area contributed by atoms with Gasteiger partial charge in [0.1, 0.15) is 4.21 Å². The Kier molecular flexibility index (Phi) is 7.91. The molecule has 10 heteroatoms. The number of esters is 1. The number of nitrogens with zero attached hydrogens (tertiary/aromatic N) is 1. The number of piperidine rings is 1. The molecule has 1 N–H and O–H groups in total. The van der Waals surface area contributed by atoms with E-state index < -0.39 is 33.9 Å². The highest BCUT2D eigenvalue weighted by atomic mass is 35.5. The third-order valence-electron chi connectivity index (χ3n) is 5.89. The van der Waals surface area contributed by atoms with Crippen LogP contribution in [0.5, 0.6) is 0 Å². The van der Waals surface area contributed by atoms with Crippen LogP contribution in [0.2, 0.25) is 5.02 Å². The van der Waals surface area contributed by atoms with Gasteiger partial charge in [-0.05, 0) is 48.9 Å². The first-order chi connectivity index (χ1) is 16.8. The van der Waals surface area contributed by atoms with Crippen molar-refractivity contribution < 1.29 is 22.7 Å². The lowest BCUT2D eigenvalue weighted by molar-refractivity contribution is -0.160. The summed E-state index contributed by atoms with van der Waals surface area (Å²) >= 11 is 7.34. The van der Waals surface area contributed by atoms with Crippen molar-refractivity contribution in [1.29, 1.82) is 0 Å². The Balaban J connectivity index is 1.44. The van der Waals surface area contributed by atoms with Gasteiger partial charge in [-0.15, -0.1) is 11.3 Å². The lowest BCUT2D eigenvalue weighted by Gasteiger charge is -2.30. The number of halogens is 1. The molecule has 0 spiro atoms. The fourth-order valence-electron chi connectivity index (χ4n) is 3.86. The zero-order valence-electron chi connectivity index (χ0n) is 19.0. The highest BCUT2D eigenvalue weighted by Gasteiger charge is 2.35. The second-order valence-corrected chi connectivity index (χ2v) is 11.8. The van der Waals surface area contributed by atoms with Crippen molar-refractivity contribution >= 4 is 50.5 Å². The molecule has 4 rings (SSSR count). The maximum atomic E-state index is 13.1. The van der Waals surface area contributed by atoms with E-state index >= 15 is 0 Å². The van der Waals surface area contributed by atoms with Gasteiger partial charge < -0.3 is 10.1 Å². The topological polar surface area (TPSA) is 92.8 Å². The number of amides is 1. The Morgan fingerprint density at radius 3 is 2.43 bits per heavy atom. The smallest absolute Gasteiger partial charge is 0.310 e. The fraction of sp³-hybridized carbons (Fsp3) is 0.280. The van der Waals surface area contributed by atoms with Crippen LogP contribution < -0.4 is 5.32 Å². The fourth-order valence-corrected chi connectivity index (χ4v) is 6.66. The molecule has 0 bridgehead atoms. The Morgan fingerprint density at radius 2 is 1.80 bits per heavy atom. The Morgan fingerprint density at radius 1 is 1.09 bits per heavy atom. The number of aryl methyl sites for hydroxylation is 1. The van der Waals surface area contributed by atoms with Gasteiger partial charge in [0.25, 0.3) is 15.9 Å². The van der Waals surface area contributed by atoms with E-state index in [1.165, 1.54) is 15.6 Å². The molecule has 3 aromatic rings. The molecule has 1 saturated heterocycles. The van der Waals surface area contributed by atoms with Crippen LogP contribution in [0.25, 0.3) is 0 Å². The molecule has 0 aliphatic carbocycles. The van der Waals surface area contributed by atoms with E-state index in [1.54, 1.807) is 60.0 Å². The number of hydrogen-bond acceptors (Lipinski definition) is 6. The molecule has 1 atom stereocenters. The standard InChI is InChI=1S/C25H25ClN2O5S2/c1-17-9-10-20(16-21(17)26)27-24(29)23(18-6-3-2-4-7-18)33-25(30)19-11-13-28(14-12-19)35(31,32)22-8-5-15-34-22/h2-10,15-16,19,23H,11-14H2,1H3,(H,27,29)/t23-/m1/s1. The van der Waals surface area contributed by atoms with E-state index in [0.29, 0.717) is 29.1 Å². The third kappa shape index (κ3) is 5.92. The first-order valence-electron chi connectivity index (χ1n) is 11.1. The number of thiophene rings is 1. The molecular formula is C25H25ClN2O5S2. The summed E-state index contributed by atoms with van der Waals surface area (Å²) in [6.45, 7) is 2.29. The van der Waals surface area contributed by atoms with Gasteiger partial charge in [0.15, 0.2) is 0 Å². The minimum atomic E-state index is -3.56. The van der Waals surface area contributed by atoms with Gasteiger partial charge in [-0.3, -0.25) is 9.59 Å². The van der Waals surface area contributed by atoms with Crippen molar-refractivity contribution in [2.45, 2.75) is 30.1 Å². The molecule has 35 heavy (non-hydrogen) atoms.